The van der Waals surface area contributed by atoms with Crippen molar-refractivity contribution in [3.63, 3.8) is 0 Å². The molecule has 0 radical (unpaired) electrons. The summed E-state index contributed by atoms with van der Waals surface area (Å²) in [4.78, 5) is 21.3. The number of hydrogen-bond acceptors (Lipinski definition) is 7. The van der Waals surface area contributed by atoms with Crippen LogP contribution in [0.25, 0.3) is 27.9 Å². The number of pyridine rings is 2. The summed E-state index contributed by atoms with van der Waals surface area (Å²) in [7, 11) is 0. The van der Waals surface area contributed by atoms with Gasteiger partial charge in [-0.3, -0.25) is 14.2 Å². The highest BCUT2D eigenvalue weighted by atomic mass is 16.5. The molecule has 0 fully saturated rings. The maximum atomic E-state index is 12.7. The van der Waals surface area contributed by atoms with Crippen molar-refractivity contribution in [1.82, 2.24) is 35.0 Å². The fraction of sp³-hybridized carbons (Fsp3) is 0.143. The topological polar surface area (TPSA) is 111 Å². The van der Waals surface area contributed by atoms with E-state index in [9.17, 15) is 4.79 Å². The van der Waals surface area contributed by atoms with E-state index < -0.39 is 0 Å². The lowest BCUT2D eigenvalue weighted by atomic mass is 10.1. The van der Waals surface area contributed by atoms with Crippen molar-refractivity contribution in [2.24, 2.45) is 0 Å². The molecule has 0 unspecified atom stereocenters. The van der Waals surface area contributed by atoms with Crippen LogP contribution in [0.2, 0.25) is 0 Å². The standard InChI is InChI=1S/C21H17N7O2/c1-2-16-24-21(30-27-16)14-8-10-28-17(11-14)25-26-18(28)12-23-20(29)19-15-6-4-3-5-13(15)7-9-22-19/h3-11H,2,12H2,1H3,(H,23,29). The van der Waals surface area contributed by atoms with Crippen LogP contribution < -0.4 is 5.32 Å². The molecule has 1 N–H and O–H groups in total. The number of benzene rings is 1. The van der Waals surface area contributed by atoms with Crippen LogP contribution in [0.3, 0.4) is 0 Å². The van der Waals surface area contributed by atoms with E-state index in [0.717, 1.165) is 16.3 Å². The summed E-state index contributed by atoms with van der Waals surface area (Å²) in [6, 6.07) is 13.2. The molecule has 0 spiro atoms. The lowest BCUT2D eigenvalue weighted by Crippen LogP contribution is -2.25. The summed E-state index contributed by atoms with van der Waals surface area (Å²) in [5.74, 6) is 1.43. The molecule has 0 bridgehead atoms. The summed E-state index contributed by atoms with van der Waals surface area (Å²) in [5.41, 5.74) is 1.77. The van der Waals surface area contributed by atoms with Crippen LogP contribution in [0.5, 0.6) is 0 Å². The molecule has 1 aromatic carbocycles. The first-order valence-electron chi connectivity index (χ1n) is 9.51. The minimum absolute atomic E-state index is 0.213. The molecule has 0 saturated carbocycles. The Bertz CT molecular complexity index is 1370. The Balaban J connectivity index is 1.37. The molecule has 4 heterocycles. The maximum absolute atomic E-state index is 12.7. The number of fused-ring (bicyclic) bond motifs is 2. The number of nitrogens with one attached hydrogen (secondary N) is 1. The second-order valence-electron chi connectivity index (χ2n) is 6.69. The molecule has 148 valence electrons. The summed E-state index contributed by atoms with van der Waals surface area (Å²) >= 11 is 0. The van der Waals surface area contributed by atoms with Crippen molar-refractivity contribution in [1.29, 1.82) is 0 Å². The lowest BCUT2D eigenvalue weighted by molar-refractivity contribution is 0.0946. The van der Waals surface area contributed by atoms with Gasteiger partial charge in [-0.25, -0.2) is 0 Å². The largest absolute Gasteiger partial charge is 0.343 e. The van der Waals surface area contributed by atoms with Crippen molar-refractivity contribution in [3.05, 3.63) is 72.2 Å². The zero-order chi connectivity index (χ0) is 20.5. The van der Waals surface area contributed by atoms with Crippen LogP contribution in [0.4, 0.5) is 0 Å². The van der Waals surface area contributed by atoms with E-state index in [1.807, 2.05) is 55.6 Å². The first-order chi connectivity index (χ1) is 14.7. The molecule has 4 aromatic heterocycles. The fourth-order valence-corrected chi connectivity index (χ4v) is 3.25. The average molecular weight is 399 g/mol. The molecule has 5 rings (SSSR count). The van der Waals surface area contributed by atoms with Gasteiger partial charge in [0.05, 0.1) is 6.54 Å². The van der Waals surface area contributed by atoms with Crippen LogP contribution in [-0.4, -0.2) is 35.6 Å². The van der Waals surface area contributed by atoms with Gasteiger partial charge in [0.2, 0.25) is 0 Å². The second-order valence-corrected chi connectivity index (χ2v) is 6.69. The Kier molecular flexibility index (Phi) is 4.40. The molecule has 1 amide bonds. The molecule has 5 aromatic rings. The number of amides is 1. The van der Waals surface area contributed by atoms with Gasteiger partial charge in [0.25, 0.3) is 11.8 Å². The minimum atomic E-state index is -0.266. The predicted molar refractivity (Wildman–Crippen MR) is 109 cm³/mol. The molecule has 9 heteroatoms. The average Bonchev–Trinajstić information content (AvgIpc) is 3.43. The Labute approximate surface area is 170 Å². The third-order valence-corrected chi connectivity index (χ3v) is 4.81. The quantitative estimate of drug-likeness (QED) is 0.484. The van der Waals surface area contributed by atoms with Crippen LogP contribution in [0, 0.1) is 0 Å². The smallest absolute Gasteiger partial charge is 0.270 e. The van der Waals surface area contributed by atoms with E-state index in [1.54, 1.807) is 10.6 Å². The number of nitrogens with zero attached hydrogens (tertiary/aromatic N) is 6. The van der Waals surface area contributed by atoms with Crippen molar-refractivity contribution >= 4 is 22.3 Å². The summed E-state index contributed by atoms with van der Waals surface area (Å²) in [6.07, 6.45) is 4.15. The van der Waals surface area contributed by atoms with E-state index in [2.05, 4.69) is 30.6 Å². The van der Waals surface area contributed by atoms with Gasteiger partial charge in [-0.15, -0.1) is 10.2 Å². The highest BCUT2D eigenvalue weighted by Gasteiger charge is 2.14. The fourth-order valence-electron chi connectivity index (χ4n) is 3.25. The van der Waals surface area contributed by atoms with Gasteiger partial charge in [-0.05, 0) is 23.6 Å². The van der Waals surface area contributed by atoms with Gasteiger partial charge in [0.1, 0.15) is 5.69 Å². The first-order valence-corrected chi connectivity index (χ1v) is 9.51. The van der Waals surface area contributed by atoms with Crippen molar-refractivity contribution in [2.45, 2.75) is 19.9 Å². The number of aromatic nitrogens is 6. The Morgan fingerprint density at radius 1 is 1.17 bits per heavy atom. The highest BCUT2D eigenvalue weighted by molar-refractivity contribution is 6.05. The van der Waals surface area contributed by atoms with E-state index in [1.165, 1.54) is 0 Å². The third kappa shape index (κ3) is 3.16. The Hall–Kier alpha value is -4.14. The zero-order valence-corrected chi connectivity index (χ0v) is 16.1. The maximum Gasteiger partial charge on any atom is 0.270 e. The second kappa shape index (κ2) is 7.36. The van der Waals surface area contributed by atoms with Gasteiger partial charge in [-0.2, -0.15) is 4.98 Å². The van der Waals surface area contributed by atoms with Gasteiger partial charge >= 0.3 is 0 Å². The molecule has 30 heavy (non-hydrogen) atoms. The van der Waals surface area contributed by atoms with Crippen LogP contribution in [0.1, 0.15) is 29.1 Å². The number of hydrogen-bond donors (Lipinski definition) is 1. The summed E-state index contributed by atoms with van der Waals surface area (Å²) in [6.45, 7) is 2.18. The minimum Gasteiger partial charge on any atom is -0.343 e. The van der Waals surface area contributed by atoms with Crippen molar-refractivity contribution in [3.8, 4) is 11.5 Å². The van der Waals surface area contributed by atoms with Gasteiger partial charge in [0, 0.05) is 29.8 Å². The number of rotatable bonds is 5. The highest BCUT2D eigenvalue weighted by Crippen LogP contribution is 2.19. The zero-order valence-electron chi connectivity index (χ0n) is 16.1. The number of aryl methyl sites for hydroxylation is 1. The molecule has 0 atom stereocenters. The molecule has 0 aliphatic heterocycles. The Morgan fingerprint density at radius 3 is 2.93 bits per heavy atom. The van der Waals surface area contributed by atoms with Crippen LogP contribution in [0.15, 0.2) is 59.4 Å². The van der Waals surface area contributed by atoms with Crippen molar-refractivity contribution < 1.29 is 9.32 Å². The molecule has 0 saturated heterocycles. The van der Waals surface area contributed by atoms with Gasteiger partial charge < -0.3 is 9.84 Å². The van der Waals surface area contributed by atoms with E-state index in [-0.39, 0.29) is 12.5 Å². The van der Waals surface area contributed by atoms with Crippen LogP contribution in [-0.2, 0) is 13.0 Å². The number of carbonyl (C=O) groups excluding carboxylic acids is 1. The van der Waals surface area contributed by atoms with Gasteiger partial charge in [-0.1, -0.05) is 36.3 Å². The third-order valence-electron chi connectivity index (χ3n) is 4.81. The van der Waals surface area contributed by atoms with Gasteiger partial charge in [0.15, 0.2) is 17.3 Å². The SMILES string of the molecule is CCc1noc(-c2ccn3c(CNC(=O)c4nccc5ccccc45)nnc3c2)n1. The Morgan fingerprint density at radius 2 is 2.07 bits per heavy atom. The van der Waals surface area contributed by atoms with E-state index in [4.69, 9.17) is 4.52 Å². The van der Waals surface area contributed by atoms with E-state index in [0.29, 0.717) is 35.3 Å². The summed E-state index contributed by atoms with van der Waals surface area (Å²) in [5, 5.41) is 16.9. The summed E-state index contributed by atoms with van der Waals surface area (Å²) < 4.78 is 7.08. The van der Waals surface area contributed by atoms with E-state index >= 15 is 0 Å². The predicted octanol–water partition coefficient (Wildman–Crippen LogP) is 2.82. The first kappa shape index (κ1) is 17.9. The van der Waals surface area contributed by atoms with Crippen molar-refractivity contribution in [2.75, 3.05) is 0 Å². The molecule has 0 aliphatic carbocycles. The molecular weight excluding hydrogens is 382 g/mol. The monoisotopic (exact) mass is 399 g/mol. The number of carbonyl (C=O) groups is 1. The van der Waals surface area contributed by atoms with Crippen LogP contribution >= 0.6 is 0 Å². The lowest BCUT2D eigenvalue weighted by Gasteiger charge is -2.06. The molecular formula is C21H17N7O2. The molecule has 0 aliphatic rings. The normalized spacial score (nSPS) is 11.2. The molecule has 9 nitrogen and oxygen atoms in total.